The van der Waals surface area contributed by atoms with E-state index in [1.165, 1.54) is 4.90 Å². The molecular formula is C20H18F3N5O2. The van der Waals surface area contributed by atoms with Crippen molar-refractivity contribution in [2.75, 3.05) is 6.61 Å². The highest BCUT2D eigenvalue weighted by Gasteiger charge is 2.35. The smallest absolute Gasteiger partial charge is 0.422 e. The van der Waals surface area contributed by atoms with Crippen LogP contribution in [-0.4, -0.2) is 43.3 Å². The van der Waals surface area contributed by atoms with E-state index in [0.29, 0.717) is 12.2 Å². The molecule has 1 aliphatic rings. The fourth-order valence-electron chi connectivity index (χ4n) is 3.43. The molecule has 0 aliphatic carbocycles. The molecule has 0 spiro atoms. The second-order valence-corrected chi connectivity index (χ2v) is 7.06. The second-order valence-electron chi connectivity index (χ2n) is 7.06. The van der Waals surface area contributed by atoms with Gasteiger partial charge >= 0.3 is 6.18 Å². The highest BCUT2D eigenvalue weighted by molar-refractivity contribution is 5.99. The minimum Gasteiger partial charge on any atom is -0.467 e. The van der Waals surface area contributed by atoms with Crippen molar-refractivity contribution in [3.8, 4) is 17.0 Å². The molecule has 156 valence electrons. The number of rotatable bonds is 5. The molecule has 0 saturated carbocycles. The zero-order valence-electron chi connectivity index (χ0n) is 16.3. The van der Waals surface area contributed by atoms with Crippen LogP contribution >= 0.6 is 0 Å². The van der Waals surface area contributed by atoms with Gasteiger partial charge in [0.1, 0.15) is 11.9 Å². The number of nitrogens with zero attached hydrogens (tertiary/aromatic N) is 5. The lowest BCUT2D eigenvalue weighted by molar-refractivity contribution is -0.154. The standard InChI is InChI=1S/C20H18F3N5O2/c1-12-15(8-27(2)26-12)14-5-3-13(4-6-14)7-28-9-16-17(19(28)29)18(25-11-24-16)30-10-20(21,22)23/h3-6,8,11H,7,9-10H2,1-2H3. The third-order valence-corrected chi connectivity index (χ3v) is 4.76. The van der Waals surface area contributed by atoms with Gasteiger partial charge in [-0.1, -0.05) is 24.3 Å². The first-order valence-corrected chi connectivity index (χ1v) is 9.13. The van der Waals surface area contributed by atoms with Gasteiger partial charge in [0.15, 0.2) is 6.61 Å². The minimum absolute atomic E-state index is 0.00986. The maximum atomic E-state index is 12.8. The van der Waals surface area contributed by atoms with Gasteiger partial charge in [-0.25, -0.2) is 9.97 Å². The summed E-state index contributed by atoms with van der Waals surface area (Å²) in [6.07, 6.45) is -1.48. The maximum absolute atomic E-state index is 12.8. The Labute approximate surface area is 170 Å². The molecule has 7 nitrogen and oxygen atoms in total. The van der Waals surface area contributed by atoms with Crippen molar-refractivity contribution in [3.05, 3.63) is 59.3 Å². The Kier molecular flexibility index (Phi) is 4.92. The van der Waals surface area contributed by atoms with Crippen molar-refractivity contribution < 1.29 is 22.7 Å². The molecule has 1 aromatic carbocycles. The van der Waals surface area contributed by atoms with Gasteiger partial charge in [0.05, 0.1) is 17.9 Å². The first kappa shape index (κ1) is 19.9. The van der Waals surface area contributed by atoms with E-state index in [2.05, 4.69) is 15.1 Å². The fourth-order valence-corrected chi connectivity index (χ4v) is 3.43. The van der Waals surface area contributed by atoms with Crippen LogP contribution in [0.4, 0.5) is 13.2 Å². The summed E-state index contributed by atoms with van der Waals surface area (Å²) in [6, 6.07) is 7.71. The molecule has 0 saturated heterocycles. The molecular weight excluding hydrogens is 399 g/mol. The van der Waals surface area contributed by atoms with Crippen LogP contribution in [0.25, 0.3) is 11.1 Å². The number of hydrogen-bond donors (Lipinski definition) is 0. The van der Waals surface area contributed by atoms with Crippen LogP contribution in [0.3, 0.4) is 0 Å². The zero-order valence-corrected chi connectivity index (χ0v) is 16.3. The molecule has 0 unspecified atom stereocenters. The molecule has 0 atom stereocenters. The summed E-state index contributed by atoms with van der Waals surface area (Å²) in [5.41, 5.74) is 4.18. The topological polar surface area (TPSA) is 73.1 Å². The number of benzene rings is 1. The van der Waals surface area contributed by atoms with E-state index in [1.54, 1.807) is 4.68 Å². The van der Waals surface area contributed by atoms with Gasteiger partial charge in [0.25, 0.3) is 5.91 Å². The number of aromatic nitrogens is 4. The lowest BCUT2D eigenvalue weighted by atomic mass is 10.0. The van der Waals surface area contributed by atoms with E-state index in [9.17, 15) is 18.0 Å². The number of ether oxygens (including phenoxy) is 1. The molecule has 1 amide bonds. The number of aryl methyl sites for hydroxylation is 2. The number of fused-ring (bicyclic) bond motifs is 1. The average molecular weight is 417 g/mol. The Morgan fingerprint density at radius 1 is 1.17 bits per heavy atom. The van der Waals surface area contributed by atoms with Crippen molar-refractivity contribution in [1.29, 1.82) is 0 Å². The van der Waals surface area contributed by atoms with Gasteiger partial charge in [-0.15, -0.1) is 0 Å². The van der Waals surface area contributed by atoms with Crippen molar-refractivity contribution in [3.63, 3.8) is 0 Å². The Morgan fingerprint density at radius 2 is 1.90 bits per heavy atom. The summed E-state index contributed by atoms with van der Waals surface area (Å²) in [5, 5.41) is 4.33. The molecule has 3 aromatic rings. The SMILES string of the molecule is Cc1nn(C)cc1-c1ccc(CN2Cc3ncnc(OCC(F)(F)F)c3C2=O)cc1. The number of carbonyl (C=O) groups is 1. The number of halogens is 3. The largest absolute Gasteiger partial charge is 0.467 e. The van der Waals surface area contributed by atoms with Crippen molar-refractivity contribution in [1.82, 2.24) is 24.6 Å². The van der Waals surface area contributed by atoms with E-state index in [4.69, 9.17) is 4.74 Å². The second kappa shape index (κ2) is 7.43. The van der Waals surface area contributed by atoms with Crippen LogP contribution in [0.2, 0.25) is 0 Å². The minimum atomic E-state index is -4.52. The van der Waals surface area contributed by atoms with E-state index >= 15 is 0 Å². The molecule has 2 aromatic heterocycles. The number of alkyl halides is 3. The van der Waals surface area contributed by atoms with E-state index in [0.717, 1.165) is 28.7 Å². The Morgan fingerprint density at radius 3 is 2.53 bits per heavy atom. The Balaban J connectivity index is 1.49. The van der Waals surface area contributed by atoms with Crippen molar-refractivity contribution in [2.45, 2.75) is 26.2 Å². The number of carbonyl (C=O) groups excluding carboxylic acids is 1. The number of hydrogen-bond acceptors (Lipinski definition) is 5. The summed E-state index contributed by atoms with van der Waals surface area (Å²) >= 11 is 0. The highest BCUT2D eigenvalue weighted by Crippen LogP contribution is 2.30. The quantitative estimate of drug-likeness (QED) is 0.637. The van der Waals surface area contributed by atoms with Crippen LogP contribution in [0.1, 0.15) is 27.3 Å². The molecule has 0 fully saturated rings. The van der Waals surface area contributed by atoms with Gasteiger partial charge in [-0.05, 0) is 18.1 Å². The van der Waals surface area contributed by atoms with E-state index in [1.807, 2.05) is 44.4 Å². The predicted octanol–water partition coefficient (Wildman–Crippen LogP) is 3.28. The van der Waals surface area contributed by atoms with Gasteiger partial charge in [-0.3, -0.25) is 9.48 Å². The van der Waals surface area contributed by atoms with Crippen LogP contribution in [0.5, 0.6) is 5.88 Å². The normalized spacial score (nSPS) is 13.6. The number of amides is 1. The zero-order chi connectivity index (χ0) is 21.5. The summed E-state index contributed by atoms with van der Waals surface area (Å²) in [5.74, 6) is -0.790. The lowest BCUT2D eigenvalue weighted by Gasteiger charge is -2.16. The van der Waals surface area contributed by atoms with Crippen LogP contribution in [0.15, 0.2) is 36.8 Å². The monoisotopic (exact) mass is 417 g/mol. The van der Waals surface area contributed by atoms with Crippen molar-refractivity contribution >= 4 is 5.91 Å². The molecule has 10 heteroatoms. The average Bonchev–Trinajstić information content (AvgIpc) is 3.19. The van der Waals surface area contributed by atoms with E-state index < -0.39 is 18.7 Å². The third-order valence-electron chi connectivity index (χ3n) is 4.76. The Bertz CT molecular complexity index is 1090. The van der Waals surface area contributed by atoms with Crippen LogP contribution in [-0.2, 0) is 20.1 Å². The predicted molar refractivity (Wildman–Crippen MR) is 101 cm³/mol. The summed E-state index contributed by atoms with van der Waals surface area (Å²) < 4.78 is 43.9. The molecule has 30 heavy (non-hydrogen) atoms. The summed E-state index contributed by atoms with van der Waals surface area (Å²) in [6.45, 7) is 0.893. The summed E-state index contributed by atoms with van der Waals surface area (Å²) in [4.78, 5) is 22.0. The van der Waals surface area contributed by atoms with Gasteiger partial charge in [-0.2, -0.15) is 18.3 Å². The Hall–Kier alpha value is -3.43. The molecule has 1 aliphatic heterocycles. The molecule has 0 bridgehead atoms. The molecule has 4 rings (SSSR count). The van der Waals surface area contributed by atoms with E-state index in [-0.39, 0.29) is 18.0 Å². The maximum Gasteiger partial charge on any atom is 0.422 e. The van der Waals surface area contributed by atoms with Gasteiger partial charge in [0.2, 0.25) is 5.88 Å². The lowest BCUT2D eigenvalue weighted by Crippen LogP contribution is -2.24. The fraction of sp³-hybridized carbons (Fsp3) is 0.300. The third kappa shape index (κ3) is 3.98. The first-order chi connectivity index (χ1) is 14.2. The summed E-state index contributed by atoms with van der Waals surface area (Å²) in [7, 11) is 1.86. The van der Waals surface area contributed by atoms with Crippen molar-refractivity contribution in [2.24, 2.45) is 7.05 Å². The first-order valence-electron chi connectivity index (χ1n) is 9.13. The van der Waals surface area contributed by atoms with Gasteiger partial charge in [0, 0.05) is 25.4 Å². The van der Waals surface area contributed by atoms with Crippen LogP contribution in [0, 0.1) is 6.92 Å². The highest BCUT2D eigenvalue weighted by atomic mass is 19.4. The molecule has 0 radical (unpaired) electrons. The van der Waals surface area contributed by atoms with Crippen LogP contribution < -0.4 is 4.74 Å². The molecule has 3 heterocycles. The molecule has 0 N–H and O–H groups in total. The van der Waals surface area contributed by atoms with Gasteiger partial charge < -0.3 is 9.64 Å².